The minimum absolute atomic E-state index is 0.121. The van der Waals surface area contributed by atoms with Gasteiger partial charge < -0.3 is 19.7 Å². The Balaban J connectivity index is 2.85. The van der Waals surface area contributed by atoms with Crippen LogP contribution in [0.15, 0.2) is 16.6 Å². The zero-order valence-corrected chi connectivity index (χ0v) is 15.3. The highest BCUT2D eigenvalue weighted by Gasteiger charge is 2.13. The summed E-state index contributed by atoms with van der Waals surface area (Å²) < 4.78 is 12.3. The zero-order chi connectivity index (χ0) is 16.5. The van der Waals surface area contributed by atoms with E-state index in [9.17, 15) is 4.79 Å². The first-order valence-corrected chi connectivity index (χ1v) is 8.40. The third kappa shape index (κ3) is 5.85. The maximum absolute atomic E-state index is 11.2. The Morgan fingerprint density at radius 3 is 2.45 bits per heavy atom. The van der Waals surface area contributed by atoms with Crippen LogP contribution in [0.25, 0.3) is 0 Å². The molecule has 0 bridgehead atoms. The Bertz CT molecular complexity index is 491. The predicted octanol–water partition coefficient (Wildman–Crippen LogP) is 3.53. The van der Waals surface area contributed by atoms with E-state index >= 15 is 0 Å². The quantitative estimate of drug-likeness (QED) is 0.720. The van der Waals surface area contributed by atoms with Crippen LogP contribution < -0.4 is 14.8 Å². The van der Waals surface area contributed by atoms with Crippen molar-refractivity contribution in [2.75, 3.05) is 38.2 Å². The van der Waals surface area contributed by atoms with Crippen molar-refractivity contribution in [2.45, 2.75) is 27.7 Å². The molecule has 0 aliphatic heterocycles. The molecule has 0 fully saturated rings. The van der Waals surface area contributed by atoms with Crippen molar-refractivity contribution in [2.24, 2.45) is 0 Å². The number of hydrogen-bond donors (Lipinski definition) is 1. The molecule has 22 heavy (non-hydrogen) atoms. The van der Waals surface area contributed by atoms with Gasteiger partial charge in [-0.25, -0.2) is 0 Å². The molecule has 1 amide bonds. The maximum Gasteiger partial charge on any atom is 0.221 e. The van der Waals surface area contributed by atoms with Gasteiger partial charge in [-0.2, -0.15) is 0 Å². The molecule has 124 valence electrons. The molecule has 6 heteroatoms. The normalized spacial score (nSPS) is 10.6. The topological polar surface area (TPSA) is 50.8 Å². The van der Waals surface area contributed by atoms with Crippen molar-refractivity contribution in [3.8, 4) is 11.5 Å². The summed E-state index contributed by atoms with van der Waals surface area (Å²) in [5.41, 5.74) is 0.680. The van der Waals surface area contributed by atoms with Crippen LogP contribution >= 0.6 is 15.9 Å². The van der Waals surface area contributed by atoms with Gasteiger partial charge in [-0.1, -0.05) is 13.8 Å². The largest absolute Gasteiger partial charge is 0.490 e. The summed E-state index contributed by atoms with van der Waals surface area (Å²) in [6.45, 7) is 11.6. The minimum atomic E-state index is -0.121. The van der Waals surface area contributed by atoms with Crippen LogP contribution in [0.3, 0.4) is 0 Å². The highest BCUT2D eigenvalue weighted by atomic mass is 79.9. The average Bonchev–Trinajstić information content (AvgIpc) is 2.45. The molecule has 5 nitrogen and oxygen atoms in total. The molecular weight excluding hydrogens is 348 g/mol. The van der Waals surface area contributed by atoms with Crippen LogP contribution in [-0.4, -0.2) is 43.7 Å². The first kappa shape index (κ1) is 18.8. The second kappa shape index (κ2) is 9.69. The molecule has 1 N–H and O–H groups in total. The summed E-state index contributed by atoms with van der Waals surface area (Å²) in [5, 5.41) is 2.75. The SMILES string of the molecule is CCOc1cc(NC(C)=O)cc(Br)c1OCCN(CC)CC. The smallest absolute Gasteiger partial charge is 0.221 e. The number of rotatable bonds is 9. The van der Waals surface area contributed by atoms with Crippen molar-refractivity contribution >= 4 is 27.5 Å². The van der Waals surface area contributed by atoms with E-state index in [0.717, 1.165) is 24.1 Å². The lowest BCUT2D eigenvalue weighted by Gasteiger charge is -2.20. The molecule has 0 aromatic heterocycles. The number of ether oxygens (including phenoxy) is 2. The van der Waals surface area contributed by atoms with E-state index in [0.29, 0.717) is 30.4 Å². The van der Waals surface area contributed by atoms with E-state index in [4.69, 9.17) is 9.47 Å². The fourth-order valence-electron chi connectivity index (χ4n) is 2.06. The number of anilines is 1. The number of nitrogens with one attached hydrogen (secondary N) is 1. The number of amides is 1. The van der Waals surface area contributed by atoms with Crippen LogP contribution in [0, 0.1) is 0 Å². The van der Waals surface area contributed by atoms with Crippen molar-refractivity contribution in [1.82, 2.24) is 4.90 Å². The predicted molar refractivity (Wildman–Crippen MR) is 92.9 cm³/mol. The van der Waals surface area contributed by atoms with Gasteiger partial charge in [0.15, 0.2) is 11.5 Å². The first-order chi connectivity index (χ1) is 10.5. The van der Waals surface area contributed by atoms with Gasteiger partial charge in [0.25, 0.3) is 0 Å². The molecule has 0 aliphatic rings. The molecule has 0 heterocycles. The van der Waals surface area contributed by atoms with Crippen molar-refractivity contribution in [3.63, 3.8) is 0 Å². The van der Waals surface area contributed by atoms with E-state index in [-0.39, 0.29) is 5.91 Å². The number of nitrogens with zero attached hydrogens (tertiary/aromatic N) is 1. The maximum atomic E-state index is 11.2. The molecule has 0 unspecified atom stereocenters. The fraction of sp³-hybridized carbons (Fsp3) is 0.562. The zero-order valence-electron chi connectivity index (χ0n) is 13.7. The lowest BCUT2D eigenvalue weighted by Crippen LogP contribution is -2.28. The molecule has 0 atom stereocenters. The third-order valence-electron chi connectivity index (χ3n) is 3.18. The Kier molecular flexibility index (Phi) is 8.27. The minimum Gasteiger partial charge on any atom is -0.490 e. The fourth-order valence-corrected chi connectivity index (χ4v) is 2.62. The molecule has 1 rings (SSSR count). The number of halogens is 1. The van der Waals surface area contributed by atoms with E-state index in [1.54, 1.807) is 6.07 Å². The van der Waals surface area contributed by atoms with Gasteiger partial charge in [-0.15, -0.1) is 0 Å². The van der Waals surface area contributed by atoms with Gasteiger partial charge in [0, 0.05) is 25.2 Å². The lowest BCUT2D eigenvalue weighted by atomic mass is 10.2. The van der Waals surface area contributed by atoms with Gasteiger partial charge in [0.2, 0.25) is 5.91 Å². The molecule has 0 saturated carbocycles. The van der Waals surface area contributed by atoms with Crippen molar-refractivity contribution in [3.05, 3.63) is 16.6 Å². The number of carbonyl (C=O) groups is 1. The monoisotopic (exact) mass is 372 g/mol. The summed E-state index contributed by atoms with van der Waals surface area (Å²) in [6.07, 6.45) is 0. The first-order valence-electron chi connectivity index (χ1n) is 7.60. The second-order valence-corrected chi connectivity index (χ2v) is 5.63. The van der Waals surface area contributed by atoms with Gasteiger partial charge in [0.1, 0.15) is 6.61 Å². The molecule has 0 spiro atoms. The standard InChI is InChI=1S/C16H25BrN2O3/c1-5-19(6-2)8-9-22-16-14(17)10-13(18-12(4)20)11-15(16)21-7-3/h10-11H,5-9H2,1-4H3,(H,18,20). The summed E-state index contributed by atoms with van der Waals surface area (Å²) in [5.74, 6) is 1.17. The number of hydrogen-bond acceptors (Lipinski definition) is 4. The number of carbonyl (C=O) groups excluding carboxylic acids is 1. The molecule has 0 saturated heterocycles. The number of likely N-dealkylation sites (N-methyl/N-ethyl adjacent to an activating group) is 1. The summed E-state index contributed by atoms with van der Waals surface area (Å²) in [7, 11) is 0. The van der Waals surface area contributed by atoms with Crippen molar-refractivity contribution < 1.29 is 14.3 Å². The van der Waals surface area contributed by atoms with Gasteiger partial charge in [-0.05, 0) is 42.0 Å². The van der Waals surface area contributed by atoms with E-state index in [1.165, 1.54) is 6.92 Å². The van der Waals surface area contributed by atoms with E-state index in [2.05, 4.69) is 40.0 Å². The average molecular weight is 373 g/mol. The third-order valence-corrected chi connectivity index (χ3v) is 3.77. The summed E-state index contributed by atoms with van der Waals surface area (Å²) in [4.78, 5) is 13.5. The highest BCUT2D eigenvalue weighted by molar-refractivity contribution is 9.10. The van der Waals surface area contributed by atoms with Crippen LogP contribution in [0.2, 0.25) is 0 Å². The molecule has 1 aromatic rings. The van der Waals surface area contributed by atoms with Gasteiger partial charge >= 0.3 is 0 Å². The highest BCUT2D eigenvalue weighted by Crippen LogP contribution is 2.38. The molecule has 0 radical (unpaired) electrons. The van der Waals surface area contributed by atoms with Crippen molar-refractivity contribution in [1.29, 1.82) is 0 Å². The van der Waals surface area contributed by atoms with Gasteiger partial charge in [-0.3, -0.25) is 4.79 Å². The van der Waals surface area contributed by atoms with E-state index < -0.39 is 0 Å². The van der Waals surface area contributed by atoms with E-state index in [1.807, 2.05) is 13.0 Å². The molecule has 1 aromatic carbocycles. The summed E-state index contributed by atoms with van der Waals surface area (Å²) in [6, 6.07) is 3.60. The molecular formula is C16H25BrN2O3. The molecule has 0 aliphatic carbocycles. The van der Waals surface area contributed by atoms with Crippen LogP contribution in [0.5, 0.6) is 11.5 Å². The Labute approximate surface area is 141 Å². The van der Waals surface area contributed by atoms with Gasteiger partial charge in [0.05, 0.1) is 11.1 Å². The summed E-state index contributed by atoms with van der Waals surface area (Å²) >= 11 is 3.49. The lowest BCUT2D eigenvalue weighted by molar-refractivity contribution is -0.114. The Morgan fingerprint density at radius 2 is 1.91 bits per heavy atom. The van der Waals surface area contributed by atoms with Crippen LogP contribution in [0.4, 0.5) is 5.69 Å². The van der Waals surface area contributed by atoms with Crippen LogP contribution in [-0.2, 0) is 4.79 Å². The number of benzene rings is 1. The second-order valence-electron chi connectivity index (χ2n) is 4.77. The Hall–Kier alpha value is -1.27. The Morgan fingerprint density at radius 1 is 1.23 bits per heavy atom. The van der Waals surface area contributed by atoms with Crippen LogP contribution in [0.1, 0.15) is 27.7 Å².